The highest BCUT2D eigenvalue weighted by molar-refractivity contribution is 5.59. The average molecular weight is 366 g/mol. The largest absolute Gasteiger partial charge is 0.378 e. The summed E-state index contributed by atoms with van der Waals surface area (Å²) in [5, 5.41) is 0. The van der Waals surface area contributed by atoms with E-state index >= 15 is 0 Å². The number of morpholine rings is 1. The number of anilines is 2. The number of nitrogens with zero attached hydrogens (tertiary/aromatic N) is 6. The molecule has 142 valence electrons. The van der Waals surface area contributed by atoms with E-state index in [2.05, 4.69) is 21.4 Å². The van der Waals surface area contributed by atoms with Gasteiger partial charge in [0.05, 0.1) is 13.2 Å². The Hall–Kier alpha value is -2.54. The van der Waals surface area contributed by atoms with Crippen molar-refractivity contribution < 1.29 is 4.74 Å². The Morgan fingerprint density at radius 3 is 2.22 bits per heavy atom. The molecule has 7 heteroatoms. The van der Waals surface area contributed by atoms with E-state index in [1.165, 1.54) is 25.7 Å². The van der Waals surface area contributed by atoms with Gasteiger partial charge in [-0.1, -0.05) is 25.5 Å². The summed E-state index contributed by atoms with van der Waals surface area (Å²) in [6.07, 6.45) is 8.48. The number of pyridine rings is 1. The normalized spacial score (nSPS) is 18.2. The molecule has 2 saturated heterocycles. The summed E-state index contributed by atoms with van der Waals surface area (Å²) in [5.41, 5.74) is 1.75. The highest BCUT2D eigenvalue weighted by Gasteiger charge is 2.21. The number of rotatable bonds is 4. The van der Waals surface area contributed by atoms with Crippen molar-refractivity contribution in [1.82, 2.24) is 19.9 Å². The molecular formula is C20H26N6O. The minimum absolute atomic E-state index is 0.620. The van der Waals surface area contributed by atoms with Gasteiger partial charge in [-0.05, 0) is 30.5 Å². The minimum Gasteiger partial charge on any atom is -0.378 e. The molecular weight excluding hydrogens is 340 g/mol. The highest BCUT2D eigenvalue weighted by Crippen LogP contribution is 2.23. The van der Waals surface area contributed by atoms with Gasteiger partial charge >= 0.3 is 0 Å². The maximum Gasteiger partial charge on any atom is 0.230 e. The second kappa shape index (κ2) is 8.43. The molecule has 0 atom stereocenters. The summed E-state index contributed by atoms with van der Waals surface area (Å²) in [7, 11) is 0. The van der Waals surface area contributed by atoms with Gasteiger partial charge in [0.2, 0.25) is 11.9 Å². The Balaban J connectivity index is 1.74. The summed E-state index contributed by atoms with van der Waals surface area (Å²) in [6, 6.07) is 3.90. The van der Waals surface area contributed by atoms with Crippen LogP contribution >= 0.6 is 0 Å². The number of aromatic nitrogens is 4. The van der Waals surface area contributed by atoms with Crippen LogP contribution in [-0.2, 0) is 4.74 Å². The van der Waals surface area contributed by atoms with E-state index in [-0.39, 0.29) is 0 Å². The molecule has 0 saturated carbocycles. The van der Waals surface area contributed by atoms with Gasteiger partial charge < -0.3 is 14.5 Å². The average Bonchev–Trinajstić information content (AvgIpc) is 3.04. The first-order valence-electron chi connectivity index (χ1n) is 9.76. The van der Waals surface area contributed by atoms with Crippen molar-refractivity contribution in [2.24, 2.45) is 0 Å². The zero-order chi connectivity index (χ0) is 18.5. The zero-order valence-corrected chi connectivity index (χ0v) is 15.7. The lowest BCUT2D eigenvalue weighted by molar-refractivity contribution is 0.122. The summed E-state index contributed by atoms with van der Waals surface area (Å²) in [5.74, 6) is 2.09. The first kappa shape index (κ1) is 17.9. The third-order valence-electron chi connectivity index (χ3n) is 5.04. The molecule has 2 fully saturated rings. The molecule has 2 aliphatic rings. The Bertz CT molecular complexity index is 782. The quantitative estimate of drug-likeness (QED) is 0.824. The monoisotopic (exact) mass is 366 g/mol. The van der Waals surface area contributed by atoms with Crippen LogP contribution in [0.3, 0.4) is 0 Å². The Morgan fingerprint density at radius 2 is 1.56 bits per heavy atom. The maximum absolute atomic E-state index is 5.48. The van der Waals surface area contributed by atoms with E-state index in [0.717, 1.165) is 43.4 Å². The number of hydrogen-bond donors (Lipinski definition) is 0. The lowest BCUT2D eigenvalue weighted by atomic mass is 10.2. The van der Waals surface area contributed by atoms with Crippen molar-refractivity contribution in [1.29, 1.82) is 0 Å². The van der Waals surface area contributed by atoms with E-state index in [0.29, 0.717) is 25.0 Å². The van der Waals surface area contributed by atoms with Crippen LogP contribution in [0.25, 0.3) is 17.6 Å². The molecule has 0 radical (unpaired) electrons. The van der Waals surface area contributed by atoms with Crippen molar-refractivity contribution in [3.8, 4) is 11.5 Å². The van der Waals surface area contributed by atoms with Crippen molar-refractivity contribution in [2.75, 3.05) is 49.2 Å². The predicted octanol–water partition coefficient (Wildman–Crippen LogP) is 2.79. The number of ether oxygens (including phenoxy) is 1. The SMILES string of the molecule is C=Cc1ccnc(-c2nc(N3CCCCCC3)nc(N3CCOCC3)n2)c1. The van der Waals surface area contributed by atoms with E-state index in [9.17, 15) is 0 Å². The molecule has 7 nitrogen and oxygen atoms in total. The second-order valence-electron chi connectivity index (χ2n) is 6.94. The van der Waals surface area contributed by atoms with Gasteiger partial charge in [0.15, 0.2) is 5.82 Å². The molecule has 0 aliphatic carbocycles. The molecule has 0 aromatic carbocycles. The van der Waals surface area contributed by atoms with Crippen molar-refractivity contribution in [3.05, 3.63) is 30.5 Å². The van der Waals surface area contributed by atoms with Crippen molar-refractivity contribution in [3.63, 3.8) is 0 Å². The summed E-state index contributed by atoms with van der Waals surface area (Å²) < 4.78 is 5.48. The molecule has 27 heavy (non-hydrogen) atoms. The Morgan fingerprint density at radius 1 is 0.889 bits per heavy atom. The van der Waals surface area contributed by atoms with Crippen LogP contribution < -0.4 is 9.80 Å². The number of hydrogen-bond acceptors (Lipinski definition) is 7. The zero-order valence-electron chi connectivity index (χ0n) is 15.7. The standard InChI is InChI=1S/C20H26N6O/c1-2-16-7-8-21-17(15-16)18-22-19(25-9-5-3-4-6-10-25)24-20(23-18)26-11-13-27-14-12-26/h2,7-8,15H,1,3-6,9-14H2. The van der Waals surface area contributed by atoms with Gasteiger partial charge in [-0.25, -0.2) is 0 Å². The summed E-state index contributed by atoms with van der Waals surface area (Å²) >= 11 is 0. The van der Waals surface area contributed by atoms with Crippen LogP contribution in [0.4, 0.5) is 11.9 Å². The first-order chi connectivity index (χ1) is 13.3. The lowest BCUT2D eigenvalue weighted by Crippen LogP contribution is -2.38. The molecule has 4 rings (SSSR count). The molecule has 0 unspecified atom stereocenters. The lowest BCUT2D eigenvalue weighted by Gasteiger charge is -2.28. The Labute approximate surface area is 160 Å². The van der Waals surface area contributed by atoms with Gasteiger partial charge in [-0.2, -0.15) is 15.0 Å². The molecule has 2 aliphatic heterocycles. The van der Waals surface area contributed by atoms with Gasteiger partial charge in [-0.15, -0.1) is 0 Å². The van der Waals surface area contributed by atoms with E-state index in [4.69, 9.17) is 19.7 Å². The fraction of sp³-hybridized carbons (Fsp3) is 0.500. The third-order valence-corrected chi connectivity index (χ3v) is 5.04. The minimum atomic E-state index is 0.620. The van der Waals surface area contributed by atoms with E-state index in [1.807, 2.05) is 18.2 Å². The Kier molecular flexibility index (Phi) is 5.58. The molecule has 2 aromatic rings. The molecule has 0 bridgehead atoms. The summed E-state index contributed by atoms with van der Waals surface area (Å²) in [6.45, 7) is 8.82. The fourth-order valence-electron chi connectivity index (χ4n) is 3.48. The van der Waals surface area contributed by atoms with Crippen LogP contribution in [0.15, 0.2) is 24.9 Å². The first-order valence-corrected chi connectivity index (χ1v) is 9.76. The van der Waals surface area contributed by atoms with Crippen LogP contribution in [0.5, 0.6) is 0 Å². The molecule has 0 N–H and O–H groups in total. The van der Waals surface area contributed by atoms with Crippen LogP contribution in [0.2, 0.25) is 0 Å². The third kappa shape index (κ3) is 4.24. The van der Waals surface area contributed by atoms with Crippen molar-refractivity contribution in [2.45, 2.75) is 25.7 Å². The van der Waals surface area contributed by atoms with Crippen molar-refractivity contribution >= 4 is 18.0 Å². The summed E-state index contributed by atoms with van der Waals surface area (Å²) in [4.78, 5) is 23.3. The molecule has 0 spiro atoms. The van der Waals surface area contributed by atoms with Crippen LogP contribution in [0.1, 0.15) is 31.2 Å². The molecule has 2 aromatic heterocycles. The smallest absolute Gasteiger partial charge is 0.230 e. The highest BCUT2D eigenvalue weighted by atomic mass is 16.5. The predicted molar refractivity (Wildman–Crippen MR) is 107 cm³/mol. The van der Waals surface area contributed by atoms with Gasteiger partial charge in [0, 0.05) is 32.4 Å². The van der Waals surface area contributed by atoms with Gasteiger partial charge in [0.1, 0.15) is 5.69 Å². The van der Waals surface area contributed by atoms with Crippen LogP contribution in [-0.4, -0.2) is 59.3 Å². The molecule has 4 heterocycles. The van der Waals surface area contributed by atoms with Gasteiger partial charge in [-0.3, -0.25) is 4.98 Å². The van der Waals surface area contributed by atoms with Crippen LogP contribution in [0, 0.1) is 0 Å². The topological polar surface area (TPSA) is 67.3 Å². The van der Waals surface area contributed by atoms with E-state index < -0.39 is 0 Å². The fourth-order valence-corrected chi connectivity index (χ4v) is 3.48. The maximum atomic E-state index is 5.48. The second-order valence-corrected chi connectivity index (χ2v) is 6.94. The van der Waals surface area contributed by atoms with Gasteiger partial charge in [0.25, 0.3) is 0 Å². The molecule has 0 amide bonds. The van der Waals surface area contributed by atoms with E-state index in [1.54, 1.807) is 6.20 Å².